The first kappa shape index (κ1) is 14.0. The molecule has 3 aromatic rings. The fourth-order valence-corrected chi connectivity index (χ4v) is 2.60. The molecule has 0 radical (unpaired) electrons. The number of hydrogen-bond acceptors (Lipinski definition) is 2. The van der Waals surface area contributed by atoms with Crippen molar-refractivity contribution in [3.8, 4) is 6.07 Å². The third-order valence-electron chi connectivity index (χ3n) is 3.66. The predicted molar refractivity (Wildman–Crippen MR) is 82.2 cm³/mol. The molecule has 0 saturated heterocycles. The molecule has 0 aliphatic rings. The number of hydrogen-bond donors (Lipinski definition) is 0. The molecule has 0 bridgehead atoms. The number of carbonyl (C=O) groups excluding carboxylic acids is 1. The molecule has 0 fully saturated rings. The third kappa shape index (κ3) is 2.38. The molecule has 4 heteroatoms. The lowest BCUT2D eigenvalue weighted by atomic mass is 10.1. The average Bonchev–Trinajstić information content (AvgIpc) is 2.88. The summed E-state index contributed by atoms with van der Waals surface area (Å²) < 4.78 is 15.9. The Hall–Kier alpha value is -2.93. The molecule has 0 atom stereocenters. The molecule has 0 unspecified atom stereocenters. The number of carbonyl (C=O) groups is 1. The maximum absolute atomic E-state index is 14.2. The van der Waals surface area contributed by atoms with Crippen LogP contribution in [0.4, 0.5) is 4.39 Å². The summed E-state index contributed by atoms with van der Waals surface area (Å²) in [6.45, 7) is 1.92. The lowest BCUT2D eigenvalue weighted by molar-refractivity contribution is 0.101. The highest BCUT2D eigenvalue weighted by molar-refractivity contribution is 6.07. The molecule has 0 saturated carbocycles. The molecule has 3 rings (SSSR count). The van der Waals surface area contributed by atoms with E-state index in [1.54, 1.807) is 35.0 Å². The van der Waals surface area contributed by atoms with Crippen LogP contribution in [0.5, 0.6) is 0 Å². The van der Waals surface area contributed by atoms with E-state index in [4.69, 9.17) is 5.26 Å². The van der Waals surface area contributed by atoms with Gasteiger partial charge >= 0.3 is 0 Å². The zero-order chi connectivity index (χ0) is 15.7. The van der Waals surface area contributed by atoms with Crippen molar-refractivity contribution >= 4 is 16.7 Å². The second kappa shape index (κ2) is 5.45. The summed E-state index contributed by atoms with van der Waals surface area (Å²) >= 11 is 0. The van der Waals surface area contributed by atoms with Crippen molar-refractivity contribution in [2.24, 2.45) is 0 Å². The van der Waals surface area contributed by atoms with E-state index in [0.717, 1.165) is 5.56 Å². The Bertz CT molecular complexity index is 901. The van der Waals surface area contributed by atoms with E-state index >= 15 is 0 Å². The van der Waals surface area contributed by atoms with Gasteiger partial charge in [-0.2, -0.15) is 5.26 Å². The van der Waals surface area contributed by atoms with Gasteiger partial charge in [0.05, 0.1) is 17.1 Å². The minimum atomic E-state index is -0.348. The maximum atomic E-state index is 14.2. The summed E-state index contributed by atoms with van der Waals surface area (Å²) in [5.74, 6) is -0.437. The van der Waals surface area contributed by atoms with E-state index < -0.39 is 0 Å². The van der Waals surface area contributed by atoms with Crippen molar-refractivity contribution in [2.75, 3.05) is 0 Å². The molecule has 0 N–H and O–H groups in total. The van der Waals surface area contributed by atoms with Gasteiger partial charge in [-0.3, -0.25) is 4.79 Å². The Morgan fingerprint density at radius 1 is 1.23 bits per heavy atom. The first-order chi connectivity index (χ1) is 10.6. The van der Waals surface area contributed by atoms with Gasteiger partial charge in [0.2, 0.25) is 0 Å². The number of Topliss-reactive ketones (excluding diaryl/α,β-unsaturated/α-hetero) is 1. The Morgan fingerprint density at radius 2 is 1.95 bits per heavy atom. The topological polar surface area (TPSA) is 45.8 Å². The van der Waals surface area contributed by atoms with E-state index in [2.05, 4.69) is 6.07 Å². The fourth-order valence-electron chi connectivity index (χ4n) is 2.60. The minimum absolute atomic E-state index is 0.0887. The summed E-state index contributed by atoms with van der Waals surface area (Å²) in [6, 6.07) is 13.9. The van der Waals surface area contributed by atoms with Gasteiger partial charge in [0, 0.05) is 23.7 Å². The number of para-hydroxylation sites is 1. The normalized spacial score (nSPS) is 10.6. The fraction of sp³-hybridized carbons (Fsp3) is 0.111. The Balaban J connectivity index is 2.10. The van der Waals surface area contributed by atoms with Gasteiger partial charge in [-0.05, 0) is 30.7 Å². The standard InChI is InChI=1S/C18H13FN2O/c1-12(22)16-11-21(18-15(16)3-2-4-17(18)19)10-14-7-5-13(9-20)6-8-14/h2-8,11H,10H2,1H3. The number of nitriles is 1. The van der Waals surface area contributed by atoms with E-state index in [1.165, 1.54) is 13.0 Å². The minimum Gasteiger partial charge on any atom is -0.340 e. The Morgan fingerprint density at radius 3 is 2.59 bits per heavy atom. The van der Waals surface area contributed by atoms with Crippen LogP contribution in [0.2, 0.25) is 0 Å². The molecule has 3 nitrogen and oxygen atoms in total. The van der Waals surface area contributed by atoms with Crippen LogP contribution in [0.25, 0.3) is 10.9 Å². The van der Waals surface area contributed by atoms with E-state index in [-0.39, 0.29) is 11.6 Å². The first-order valence-electron chi connectivity index (χ1n) is 6.87. The highest BCUT2D eigenvalue weighted by atomic mass is 19.1. The molecule has 2 aromatic carbocycles. The Labute approximate surface area is 127 Å². The summed E-state index contributed by atoms with van der Waals surface area (Å²) in [5.41, 5.74) is 2.46. The van der Waals surface area contributed by atoms with Crippen LogP contribution in [-0.4, -0.2) is 10.4 Å². The van der Waals surface area contributed by atoms with Crippen LogP contribution in [0, 0.1) is 17.1 Å². The van der Waals surface area contributed by atoms with Crippen molar-refractivity contribution in [2.45, 2.75) is 13.5 Å². The molecular formula is C18H13FN2O. The van der Waals surface area contributed by atoms with Crippen LogP contribution in [0.15, 0.2) is 48.7 Å². The SMILES string of the molecule is CC(=O)c1cn(Cc2ccc(C#N)cc2)c2c(F)cccc12. The quantitative estimate of drug-likeness (QED) is 0.687. The average molecular weight is 292 g/mol. The third-order valence-corrected chi connectivity index (χ3v) is 3.66. The zero-order valence-corrected chi connectivity index (χ0v) is 12.0. The van der Waals surface area contributed by atoms with E-state index in [1.807, 2.05) is 12.1 Å². The van der Waals surface area contributed by atoms with Crippen LogP contribution < -0.4 is 0 Å². The second-order valence-electron chi connectivity index (χ2n) is 5.17. The maximum Gasteiger partial charge on any atom is 0.161 e. The zero-order valence-electron chi connectivity index (χ0n) is 12.0. The molecule has 1 aromatic heterocycles. The number of ketones is 1. The smallest absolute Gasteiger partial charge is 0.161 e. The van der Waals surface area contributed by atoms with Crippen molar-refractivity contribution < 1.29 is 9.18 Å². The van der Waals surface area contributed by atoms with Gasteiger partial charge in [-0.25, -0.2) is 4.39 Å². The van der Waals surface area contributed by atoms with Gasteiger partial charge in [0.15, 0.2) is 5.78 Å². The first-order valence-corrected chi connectivity index (χ1v) is 6.87. The largest absolute Gasteiger partial charge is 0.340 e. The number of aromatic nitrogens is 1. The van der Waals surface area contributed by atoms with Crippen LogP contribution in [0.1, 0.15) is 28.4 Å². The predicted octanol–water partition coefficient (Wildman–Crippen LogP) is 3.90. The molecule has 22 heavy (non-hydrogen) atoms. The number of benzene rings is 2. The molecule has 0 aliphatic heterocycles. The van der Waals surface area contributed by atoms with Crippen LogP contribution >= 0.6 is 0 Å². The lowest BCUT2D eigenvalue weighted by Crippen LogP contribution is -1.99. The molecule has 0 spiro atoms. The summed E-state index contributed by atoms with van der Waals surface area (Å²) in [4.78, 5) is 11.7. The van der Waals surface area contributed by atoms with Crippen molar-refractivity contribution in [1.82, 2.24) is 4.57 Å². The van der Waals surface area contributed by atoms with Crippen molar-refractivity contribution in [3.63, 3.8) is 0 Å². The van der Waals surface area contributed by atoms with E-state index in [0.29, 0.717) is 28.6 Å². The molecule has 1 heterocycles. The Kier molecular flexibility index (Phi) is 3.48. The summed E-state index contributed by atoms with van der Waals surface area (Å²) in [7, 11) is 0. The van der Waals surface area contributed by atoms with E-state index in [9.17, 15) is 9.18 Å². The number of rotatable bonds is 3. The number of nitrogens with zero attached hydrogens (tertiary/aromatic N) is 2. The monoisotopic (exact) mass is 292 g/mol. The lowest BCUT2D eigenvalue weighted by Gasteiger charge is -2.06. The number of fused-ring (bicyclic) bond motifs is 1. The summed E-state index contributed by atoms with van der Waals surface area (Å²) in [5, 5.41) is 9.44. The second-order valence-corrected chi connectivity index (χ2v) is 5.17. The van der Waals surface area contributed by atoms with Crippen molar-refractivity contribution in [3.05, 3.63) is 71.2 Å². The van der Waals surface area contributed by atoms with Crippen LogP contribution in [-0.2, 0) is 6.54 Å². The van der Waals surface area contributed by atoms with Gasteiger partial charge in [-0.15, -0.1) is 0 Å². The van der Waals surface area contributed by atoms with Gasteiger partial charge in [0.25, 0.3) is 0 Å². The molecule has 0 aliphatic carbocycles. The molecule has 108 valence electrons. The van der Waals surface area contributed by atoms with Gasteiger partial charge in [-0.1, -0.05) is 24.3 Å². The molecular weight excluding hydrogens is 279 g/mol. The highest BCUT2D eigenvalue weighted by Gasteiger charge is 2.15. The van der Waals surface area contributed by atoms with Crippen molar-refractivity contribution in [1.29, 1.82) is 5.26 Å². The molecule has 0 amide bonds. The van der Waals surface area contributed by atoms with Gasteiger partial charge < -0.3 is 4.57 Å². The van der Waals surface area contributed by atoms with Crippen LogP contribution in [0.3, 0.4) is 0 Å². The number of halogens is 1. The van der Waals surface area contributed by atoms with Gasteiger partial charge in [0.1, 0.15) is 5.82 Å². The highest BCUT2D eigenvalue weighted by Crippen LogP contribution is 2.25. The summed E-state index contributed by atoms with van der Waals surface area (Å²) in [6.07, 6.45) is 1.69.